The van der Waals surface area contributed by atoms with E-state index in [4.69, 9.17) is 4.52 Å². The van der Waals surface area contributed by atoms with Crippen molar-refractivity contribution in [3.63, 3.8) is 0 Å². The lowest BCUT2D eigenvalue weighted by atomic mass is 9.98. The van der Waals surface area contributed by atoms with Crippen LogP contribution in [0.2, 0.25) is 0 Å². The first kappa shape index (κ1) is 11.3. The molecule has 5 heteroatoms. The molecule has 0 spiro atoms. The lowest BCUT2D eigenvalue weighted by Gasteiger charge is -2.07. The molecule has 0 saturated carbocycles. The van der Waals surface area contributed by atoms with Crippen molar-refractivity contribution in [1.82, 2.24) is 20.4 Å². The number of pyridine rings is 1. The molecule has 1 N–H and O–H groups in total. The summed E-state index contributed by atoms with van der Waals surface area (Å²) >= 11 is 0. The summed E-state index contributed by atoms with van der Waals surface area (Å²) in [6.07, 6.45) is 4.25. The Balaban J connectivity index is 1.74. The molecule has 0 unspecified atom stereocenters. The van der Waals surface area contributed by atoms with E-state index in [1.54, 1.807) is 12.4 Å². The fourth-order valence-corrected chi connectivity index (χ4v) is 2.31. The third-order valence-corrected chi connectivity index (χ3v) is 3.43. The van der Waals surface area contributed by atoms with Crippen molar-refractivity contribution >= 4 is 0 Å². The van der Waals surface area contributed by atoms with Gasteiger partial charge in [0.2, 0.25) is 5.89 Å². The number of hydrogen-bond donors (Lipinski definition) is 1. The van der Waals surface area contributed by atoms with E-state index in [9.17, 15) is 0 Å². The molecule has 3 rings (SSSR count). The van der Waals surface area contributed by atoms with E-state index in [2.05, 4.69) is 27.4 Å². The van der Waals surface area contributed by atoms with Crippen LogP contribution in [-0.4, -0.2) is 28.2 Å². The molecule has 2 aromatic rings. The summed E-state index contributed by atoms with van der Waals surface area (Å²) in [7, 11) is 0. The monoisotopic (exact) mass is 244 g/mol. The maximum atomic E-state index is 5.37. The van der Waals surface area contributed by atoms with E-state index in [0.29, 0.717) is 18.3 Å². The summed E-state index contributed by atoms with van der Waals surface area (Å²) in [5.41, 5.74) is 1.15. The lowest BCUT2D eigenvalue weighted by Crippen LogP contribution is -2.08. The van der Waals surface area contributed by atoms with E-state index in [1.807, 2.05) is 12.1 Å². The molecule has 2 aromatic heterocycles. The van der Waals surface area contributed by atoms with Gasteiger partial charge >= 0.3 is 0 Å². The normalized spacial score (nSPS) is 23.4. The Morgan fingerprint density at radius 1 is 1.33 bits per heavy atom. The van der Waals surface area contributed by atoms with Crippen LogP contribution in [0, 0.1) is 5.92 Å². The van der Waals surface area contributed by atoms with Gasteiger partial charge in [-0.2, -0.15) is 4.98 Å². The first-order valence-electron chi connectivity index (χ1n) is 6.25. The molecule has 1 fully saturated rings. The summed E-state index contributed by atoms with van der Waals surface area (Å²) in [4.78, 5) is 8.49. The third kappa shape index (κ3) is 2.26. The fourth-order valence-electron chi connectivity index (χ4n) is 2.31. The zero-order chi connectivity index (χ0) is 12.4. The summed E-state index contributed by atoms with van der Waals surface area (Å²) in [6, 6.07) is 3.94. The summed E-state index contributed by atoms with van der Waals surface area (Å²) in [5, 5.41) is 7.40. The van der Waals surface area contributed by atoms with Crippen molar-refractivity contribution in [2.45, 2.75) is 19.3 Å². The van der Waals surface area contributed by atoms with Gasteiger partial charge in [0.15, 0.2) is 5.82 Å². The number of hydrogen-bond acceptors (Lipinski definition) is 5. The topological polar surface area (TPSA) is 63.8 Å². The number of aromatic nitrogens is 3. The highest BCUT2D eigenvalue weighted by Gasteiger charge is 2.29. The Hall–Kier alpha value is -1.75. The summed E-state index contributed by atoms with van der Waals surface area (Å²) in [6.45, 7) is 4.15. The summed E-state index contributed by atoms with van der Waals surface area (Å²) < 4.78 is 5.37. The molecule has 2 atom stereocenters. The van der Waals surface area contributed by atoms with Crippen molar-refractivity contribution in [3.05, 3.63) is 41.8 Å². The molecule has 0 aromatic carbocycles. The molecule has 5 nitrogen and oxygen atoms in total. The SMILES string of the molecule is C[C@@H]1CNC[C@H]1c1nc(Cc2ccncc2)no1. The zero-order valence-corrected chi connectivity index (χ0v) is 10.3. The Bertz CT molecular complexity index is 511. The molecule has 3 heterocycles. The van der Waals surface area contributed by atoms with E-state index < -0.39 is 0 Å². The number of nitrogens with zero attached hydrogens (tertiary/aromatic N) is 3. The van der Waals surface area contributed by atoms with Gasteiger partial charge in [0.25, 0.3) is 0 Å². The van der Waals surface area contributed by atoms with Crippen LogP contribution in [0.5, 0.6) is 0 Å². The Morgan fingerprint density at radius 2 is 2.17 bits per heavy atom. The maximum Gasteiger partial charge on any atom is 0.231 e. The second-order valence-electron chi connectivity index (χ2n) is 4.82. The fraction of sp³-hybridized carbons (Fsp3) is 0.462. The molecule has 94 valence electrons. The average Bonchev–Trinajstić information content (AvgIpc) is 2.99. The molecule has 1 saturated heterocycles. The van der Waals surface area contributed by atoms with Crippen LogP contribution >= 0.6 is 0 Å². The molecule has 0 radical (unpaired) electrons. The van der Waals surface area contributed by atoms with Gasteiger partial charge in [-0.3, -0.25) is 4.98 Å². The van der Waals surface area contributed by atoms with Crippen LogP contribution in [0.1, 0.15) is 30.1 Å². The van der Waals surface area contributed by atoms with Gasteiger partial charge < -0.3 is 9.84 Å². The molecule has 0 amide bonds. The van der Waals surface area contributed by atoms with Crippen LogP contribution in [0.25, 0.3) is 0 Å². The van der Waals surface area contributed by atoms with Crippen molar-refractivity contribution in [2.24, 2.45) is 5.92 Å². The number of nitrogens with one attached hydrogen (secondary N) is 1. The largest absolute Gasteiger partial charge is 0.339 e. The minimum Gasteiger partial charge on any atom is -0.339 e. The van der Waals surface area contributed by atoms with Crippen LogP contribution in [0.15, 0.2) is 29.0 Å². The Morgan fingerprint density at radius 3 is 2.89 bits per heavy atom. The van der Waals surface area contributed by atoms with Crippen LogP contribution in [0.4, 0.5) is 0 Å². The van der Waals surface area contributed by atoms with Crippen LogP contribution in [0.3, 0.4) is 0 Å². The molecule has 18 heavy (non-hydrogen) atoms. The van der Waals surface area contributed by atoms with Crippen LogP contribution < -0.4 is 5.32 Å². The van der Waals surface area contributed by atoms with E-state index in [-0.39, 0.29) is 0 Å². The Labute approximate surface area is 106 Å². The second kappa shape index (κ2) is 4.86. The van der Waals surface area contributed by atoms with Crippen molar-refractivity contribution in [2.75, 3.05) is 13.1 Å². The molecular formula is C13H16N4O. The van der Waals surface area contributed by atoms with Gasteiger partial charge in [-0.15, -0.1) is 0 Å². The predicted octanol–water partition coefficient (Wildman–Crippen LogP) is 1.38. The second-order valence-corrected chi connectivity index (χ2v) is 4.82. The lowest BCUT2D eigenvalue weighted by molar-refractivity contribution is 0.337. The first-order chi connectivity index (χ1) is 8.83. The standard InChI is InChI=1S/C13H16N4O/c1-9-7-15-8-11(9)13-16-12(17-18-13)6-10-2-4-14-5-3-10/h2-5,9,11,15H,6-8H2,1H3/t9-,11-/m1/s1. The molecule has 0 bridgehead atoms. The highest BCUT2D eigenvalue weighted by Crippen LogP contribution is 2.26. The molecular weight excluding hydrogens is 228 g/mol. The molecule has 1 aliphatic heterocycles. The van der Waals surface area contributed by atoms with E-state index in [1.165, 1.54) is 0 Å². The highest BCUT2D eigenvalue weighted by molar-refractivity contribution is 5.15. The van der Waals surface area contributed by atoms with Gasteiger partial charge in [-0.25, -0.2) is 0 Å². The molecule has 1 aliphatic rings. The van der Waals surface area contributed by atoms with E-state index in [0.717, 1.165) is 30.4 Å². The van der Waals surface area contributed by atoms with Gasteiger partial charge in [0.05, 0.1) is 5.92 Å². The van der Waals surface area contributed by atoms with Crippen molar-refractivity contribution in [3.8, 4) is 0 Å². The minimum atomic E-state index is 0.351. The van der Waals surface area contributed by atoms with Crippen LogP contribution in [-0.2, 0) is 6.42 Å². The molecule has 0 aliphatic carbocycles. The van der Waals surface area contributed by atoms with E-state index >= 15 is 0 Å². The van der Waals surface area contributed by atoms with Gasteiger partial charge in [0, 0.05) is 25.4 Å². The first-order valence-corrected chi connectivity index (χ1v) is 6.25. The van der Waals surface area contributed by atoms with Crippen molar-refractivity contribution in [1.29, 1.82) is 0 Å². The highest BCUT2D eigenvalue weighted by atomic mass is 16.5. The van der Waals surface area contributed by atoms with Gasteiger partial charge in [-0.1, -0.05) is 12.1 Å². The predicted molar refractivity (Wildman–Crippen MR) is 66.1 cm³/mol. The third-order valence-electron chi connectivity index (χ3n) is 3.43. The quantitative estimate of drug-likeness (QED) is 0.883. The Kier molecular flexibility index (Phi) is 3.06. The average molecular weight is 244 g/mol. The zero-order valence-electron chi connectivity index (χ0n) is 10.3. The number of rotatable bonds is 3. The maximum absolute atomic E-state index is 5.37. The minimum absolute atomic E-state index is 0.351. The summed E-state index contributed by atoms with van der Waals surface area (Å²) in [5.74, 6) is 2.41. The van der Waals surface area contributed by atoms with Gasteiger partial charge in [-0.05, 0) is 30.2 Å². The smallest absolute Gasteiger partial charge is 0.231 e. The van der Waals surface area contributed by atoms with Crippen molar-refractivity contribution < 1.29 is 4.52 Å². The van der Waals surface area contributed by atoms with Gasteiger partial charge in [0.1, 0.15) is 0 Å².